The van der Waals surface area contributed by atoms with Crippen LogP contribution in [-0.2, 0) is 0 Å². The van der Waals surface area contributed by atoms with Gasteiger partial charge in [0.15, 0.2) is 0 Å². The van der Waals surface area contributed by atoms with Gasteiger partial charge in [-0.05, 0) is 83.9 Å². The Kier molecular flexibility index (Phi) is 9.18. The minimum Gasteiger partial charge on any atom is -0.309 e. The molecule has 310 valence electrons. The van der Waals surface area contributed by atoms with Crippen molar-refractivity contribution in [2.75, 3.05) is 0 Å². The Morgan fingerprint density at radius 3 is 1.32 bits per heavy atom. The zero-order chi connectivity index (χ0) is 44.3. The fourth-order valence-electron chi connectivity index (χ4n) is 9.50. The molecule has 0 aliphatic carbocycles. The number of fused-ring (bicyclic) bond motifs is 6. The number of para-hydroxylation sites is 2. The summed E-state index contributed by atoms with van der Waals surface area (Å²) >= 11 is 0. The molecule has 7 heteroatoms. The molecule has 0 aliphatic rings. The van der Waals surface area contributed by atoms with Crippen molar-refractivity contribution in [3.8, 4) is 73.3 Å². The van der Waals surface area contributed by atoms with Crippen molar-refractivity contribution in [3.63, 3.8) is 0 Å². The van der Waals surface area contributed by atoms with Gasteiger partial charge in [-0.25, -0.2) is 8.78 Å². The Morgan fingerprint density at radius 2 is 0.833 bits per heavy atom. The maximum atomic E-state index is 16.3. The summed E-state index contributed by atoms with van der Waals surface area (Å²) in [7, 11) is 0. The first-order chi connectivity index (χ1) is 32.5. The van der Waals surface area contributed by atoms with E-state index in [1.165, 1.54) is 18.2 Å². The molecule has 8 aromatic carbocycles. The average molecular weight is 852 g/mol. The first kappa shape index (κ1) is 38.7. The third-order valence-corrected chi connectivity index (χ3v) is 12.6. The van der Waals surface area contributed by atoms with Crippen molar-refractivity contribution in [1.29, 1.82) is 5.26 Å². The van der Waals surface area contributed by atoms with Crippen LogP contribution in [0.1, 0.15) is 5.56 Å². The van der Waals surface area contributed by atoms with E-state index in [9.17, 15) is 5.26 Å². The maximum absolute atomic E-state index is 16.3. The van der Waals surface area contributed by atoms with Crippen LogP contribution in [0.3, 0.4) is 0 Å². The molecule has 0 atom stereocenters. The van der Waals surface area contributed by atoms with Crippen LogP contribution < -0.4 is 0 Å². The molecular weight excluding hydrogens is 817 g/mol. The molecular formula is C59H35F2N5. The first-order valence-corrected chi connectivity index (χ1v) is 21.7. The first-order valence-electron chi connectivity index (χ1n) is 21.7. The number of rotatable bonds is 7. The average Bonchev–Trinajstić information content (AvgIpc) is 3.89. The number of pyridine rings is 2. The molecule has 5 nitrogen and oxygen atoms in total. The van der Waals surface area contributed by atoms with Crippen molar-refractivity contribution < 1.29 is 8.78 Å². The summed E-state index contributed by atoms with van der Waals surface area (Å²) < 4.78 is 36.7. The van der Waals surface area contributed by atoms with Gasteiger partial charge in [-0.2, -0.15) is 5.26 Å². The monoisotopic (exact) mass is 851 g/mol. The molecule has 0 spiro atoms. The molecule has 66 heavy (non-hydrogen) atoms. The van der Waals surface area contributed by atoms with Gasteiger partial charge in [0.25, 0.3) is 0 Å². The third-order valence-electron chi connectivity index (χ3n) is 12.6. The van der Waals surface area contributed by atoms with Gasteiger partial charge in [0.05, 0.1) is 56.0 Å². The van der Waals surface area contributed by atoms with E-state index in [-0.39, 0.29) is 5.56 Å². The smallest absolute Gasteiger partial charge is 0.134 e. The number of nitriles is 1. The van der Waals surface area contributed by atoms with Crippen molar-refractivity contribution in [1.82, 2.24) is 19.1 Å². The highest BCUT2D eigenvalue weighted by Crippen LogP contribution is 2.43. The minimum atomic E-state index is -0.708. The van der Waals surface area contributed by atoms with Gasteiger partial charge in [-0.3, -0.25) is 9.97 Å². The van der Waals surface area contributed by atoms with Gasteiger partial charge in [-0.1, -0.05) is 127 Å². The molecule has 0 saturated carbocycles. The number of hydrogen-bond donors (Lipinski definition) is 0. The molecule has 12 rings (SSSR count). The number of nitrogens with zero attached hydrogens (tertiary/aromatic N) is 5. The van der Waals surface area contributed by atoms with E-state index in [2.05, 4.69) is 48.5 Å². The molecule has 0 radical (unpaired) electrons. The highest BCUT2D eigenvalue weighted by Gasteiger charge is 2.25. The summed E-state index contributed by atoms with van der Waals surface area (Å²) in [5.41, 5.74) is 12.5. The molecule has 0 saturated heterocycles. The standard InChI is InChI=1S/C59H35F2N5/c60-49-18-11-19-50(61)59(49)48-33-57(65-53-20-9-7-16-44(53)46-30-39(24-28-55(46)65)41-22-26-51(63-35-41)37-12-3-1-4-13-37)43(34-62)32-58(48)66-54-21-10-8-17-45(54)47-31-40(25-29-56(47)66)42-23-27-52(64-36-42)38-14-5-2-6-15-38/h1-33,35-36H. The highest BCUT2D eigenvalue weighted by molar-refractivity contribution is 6.12. The Balaban J connectivity index is 1.05. The van der Waals surface area contributed by atoms with Gasteiger partial charge >= 0.3 is 0 Å². The second-order valence-electron chi connectivity index (χ2n) is 16.4. The Hall–Kier alpha value is -8.99. The largest absolute Gasteiger partial charge is 0.309 e. The molecule has 4 aromatic heterocycles. The Morgan fingerprint density at radius 1 is 0.379 bits per heavy atom. The molecule has 0 amide bonds. The van der Waals surface area contributed by atoms with Crippen molar-refractivity contribution in [2.24, 2.45) is 0 Å². The third kappa shape index (κ3) is 6.35. The summed E-state index contributed by atoms with van der Waals surface area (Å²) in [6.07, 6.45) is 3.77. The fraction of sp³-hybridized carbons (Fsp3) is 0. The number of aromatic nitrogens is 4. The van der Waals surface area contributed by atoms with Crippen LogP contribution in [0, 0.1) is 23.0 Å². The summed E-state index contributed by atoms with van der Waals surface area (Å²) in [5.74, 6) is -1.42. The van der Waals surface area contributed by atoms with Crippen LogP contribution in [0.15, 0.2) is 213 Å². The lowest BCUT2D eigenvalue weighted by atomic mass is 9.98. The lowest BCUT2D eigenvalue weighted by Gasteiger charge is -2.19. The quantitative estimate of drug-likeness (QED) is 0.160. The van der Waals surface area contributed by atoms with Gasteiger partial charge in [0.2, 0.25) is 0 Å². The van der Waals surface area contributed by atoms with Gasteiger partial charge in [0.1, 0.15) is 17.7 Å². The van der Waals surface area contributed by atoms with Crippen molar-refractivity contribution in [3.05, 3.63) is 230 Å². The van der Waals surface area contributed by atoms with Crippen LogP contribution in [-0.4, -0.2) is 19.1 Å². The van der Waals surface area contributed by atoms with Gasteiger partial charge in [0, 0.05) is 61.8 Å². The molecule has 0 bridgehead atoms. The van der Waals surface area contributed by atoms with E-state index in [1.54, 1.807) is 12.1 Å². The van der Waals surface area contributed by atoms with Crippen LogP contribution in [0.5, 0.6) is 0 Å². The lowest BCUT2D eigenvalue weighted by molar-refractivity contribution is 0.589. The molecule has 4 heterocycles. The summed E-state index contributed by atoms with van der Waals surface area (Å²) in [6, 6.07) is 66.8. The number of halogens is 2. The van der Waals surface area contributed by atoms with E-state index in [1.807, 2.05) is 149 Å². The summed E-state index contributed by atoms with van der Waals surface area (Å²) in [4.78, 5) is 9.57. The Labute approximate surface area is 378 Å². The zero-order valence-corrected chi connectivity index (χ0v) is 35.2. The van der Waals surface area contributed by atoms with Crippen LogP contribution >= 0.6 is 0 Å². The van der Waals surface area contributed by atoms with E-state index in [0.717, 1.165) is 88.4 Å². The lowest BCUT2D eigenvalue weighted by Crippen LogP contribution is -2.05. The summed E-state index contributed by atoms with van der Waals surface area (Å²) in [6.45, 7) is 0. The van der Waals surface area contributed by atoms with Crippen molar-refractivity contribution >= 4 is 43.6 Å². The highest BCUT2D eigenvalue weighted by atomic mass is 19.1. The Bertz CT molecular complexity index is 3860. The molecule has 0 aliphatic heterocycles. The summed E-state index contributed by atoms with van der Waals surface area (Å²) in [5, 5.41) is 14.9. The van der Waals surface area contributed by atoms with E-state index in [4.69, 9.17) is 9.97 Å². The predicted molar refractivity (Wildman–Crippen MR) is 263 cm³/mol. The molecule has 0 fully saturated rings. The van der Waals surface area contributed by atoms with E-state index < -0.39 is 11.6 Å². The second-order valence-corrected chi connectivity index (χ2v) is 16.4. The second kappa shape index (κ2) is 15.7. The van der Waals surface area contributed by atoms with Crippen LogP contribution in [0.25, 0.3) is 111 Å². The maximum Gasteiger partial charge on any atom is 0.134 e. The SMILES string of the molecule is N#Cc1cc(-n2c3ccccc3c3cc(-c4ccc(-c5ccccc5)nc4)ccc32)c(-c2c(F)cccc2F)cc1-n1c2ccccc2c2cc(-c3ccc(-c4ccccc4)nc3)ccc21. The van der Waals surface area contributed by atoms with Crippen LogP contribution in [0.4, 0.5) is 8.78 Å². The van der Waals surface area contributed by atoms with Gasteiger partial charge in [-0.15, -0.1) is 0 Å². The van der Waals surface area contributed by atoms with Crippen LogP contribution in [0.2, 0.25) is 0 Å². The molecule has 12 aromatic rings. The molecule has 0 N–H and O–H groups in total. The zero-order valence-electron chi connectivity index (χ0n) is 35.2. The van der Waals surface area contributed by atoms with Gasteiger partial charge < -0.3 is 9.13 Å². The normalized spacial score (nSPS) is 11.5. The van der Waals surface area contributed by atoms with E-state index >= 15 is 8.78 Å². The number of hydrogen-bond acceptors (Lipinski definition) is 3. The fourth-order valence-corrected chi connectivity index (χ4v) is 9.50. The molecule has 0 unspecified atom stereocenters. The predicted octanol–water partition coefficient (Wildman–Crippen LogP) is 15.2. The van der Waals surface area contributed by atoms with Crippen molar-refractivity contribution in [2.45, 2.75) is 0 Å². The number of benzene rings is 8. The topological polar surface area (TPSA) is 59.4 Å². The minimum absolute atomic E-state index is 0.181. The van der Waals surface area contributed by atoms with E-state index in [0.29, 0.717) is 22.5 Å².